The molecule has 0 saturated carbocycles. The Morgan fingerprint density at radius 3 is 2.47 bits per heavy atom. The van der Waals surface area contributed by atoms with Crippen LogP contribution in [0.25, 0.3) is 10.9 Å². The second kappa shape index (κ2) is 14.2. The number of carbonyl (C=O) groups excluding carboxylic acids is 3. The molecule has 10 heteroatoms. The van der Waals surface area contributed by atoms with E-state index in [1.807, 2.05) is 105 Å². The molecule has 0 bridgehead atoms. The van der Waals surface area contributed by atoms with Crippen LogP contribution in [0.1, 0.15) is 40.7 Å². The SMILES string of the molecule is C[C@@H](c1c[nH]c2ccccc12)[C@@H](NC(=O)N1CCCN(C(=O)c2ccccc2)CC1)C(=O)N1C[C@@H](CN(C)C)Cc2cc(Cl)ccc21. The molecule has 4 aromatic rings. The lowest BCUT2D eigenvalue weighted by Gasteiger charge is -2.39. The van der Waals surface area contributed by atoms with Crippen molar-refractivity contribution in [3.63, 3.8) is 0 Å². The van der Waals surface area contributed by atoms with Gasteiger partial charge in [-0.15, -0.1) is 0 Å². The molecule has 1 aromatic heterocycles. The van der Waals surface area contributed by atoms with Gasteiger partial charge in [-0.25, -0.2) is 4.79 Å². The Kier molecular flexibility index (Phi) is 9.84. The number of nitrogens with one attached hydrogen (secondary N) is 2. The number of hydrogen-bond donors (Lipinski definition) is 2. The second-order valence-corrected chi connectivity index (χ2v) is 13.5. The van der Waals surface area contributed by atoms with Gasteiger partial charge in [-0.1, -0.05) is 54.9 Å². The fraction of sp³-hybridized carbons (Fsp3) is 0.378. The van der Waals surface area contributed by atoms with Gasteiger partial charge in [-0.3, -0.25) is 9.59 Å². The topological polar surface area (TPSA) is 92.0 Å². The third-order valence-corrected chi connectivity index (χ3v) is 9.65. The molecular weight excluding hydrogens is 612 g/mol. The smallest absolute Gasteiger partial charge is 0.318 e. The van der Waals surface area contributed by atoms with Gasteiger partial charge in [0.25, 0.3) is 5.91 Å². The average molecular weight is 655 g/mol. The van der Waals surface area contributed by atoms with E-state index < -0.39 is 6.04 Å². The molecule has 3 atom stereocenters. The largest absolute Gasteiger partial charge is 0.361 e. The molecule has 1 fully saturated rings. The fourth-order valence-electron chi connectivity index (χ4n) is 7.09. The van der Waals surface area contributed by atoms with Gasteiger partial charge in [-0.05, 0) is 80.4 Å². The summed E-state index contributed by atoms with van der Waals surface area (Å²) in [4.78, 5) is 52.9. The van der Waals surface area contributed by atoms with Gasteiger partial charge in [0.2, 0.25) is 5.91 Å². The predicted octanol–water partition coefficient (Wildman–Crippen LogP) is 5.62. The van der Waals surface area contributed by atoms with Crippen LogP contribution in [0.2, 0.25) is 5.02 Å². The highest BCUT2D eigenvalue weighted by atomic mass is 35.5. The number of urea groups is 1. The first-order chi connectivity index (χ1) is 22.7. The van der Waals surface area contributed by atoms with Crippen molar-refractivity contribution < 1.29 is 14.4 Å². The van der Waals surface area contributed by atoms with Gasteiger partial charge in [0.05, 0.1) is 0 Å². The zero-order valence-electron chi connectivity index (χ0n) is 27.3. The van der Waals surface area contributed by atoms with Crippen LogP contribution >= 0.6 is 11.6 Å². The molecule has 2 aliphatic rings. The maximum Gasteiger partial charge on any atom is 0.318 e. The van der Waals surface area contributed by atoms with Crippen LogP contribution in [0.3, 0.4) is 0 Å². The minimum Gasteiger partial charge on any atom is -0.361 e. The minimum absolute atomic E-state index is 0.0370. The zero-order chi connectivity index (χ0) is 33.1. The van der Waals surface area contributed by atoms with Crippen molar-refractivity contribution in [2.75, 3.05) is 58.3 Å². The number of nitrogens with zero attached hydrogens (tertiary/aromatic N) is 4. The standard InChI is InChI=1S/C37H43ClN6O3/c1-25(31-22-39-32-13-8-7-12-30(31)32)34(36(46)44-24-26(23-41(2)3)20-28-21-29(38)14-15-33(28)44)40-37(47)43-17-9-16-42(18-19-43)35(45)27-10-5-4-6-11-27/h4-8,10-15,21-22,25-26,34,39H,9,16-20,23-24H2,1-3H3,(H,40,47)/t25-,26+,34+/m0/s1. The van der Waals surface area contributed by atoms with E-state index in [9.17, 15) is 14.4 Å². The molecule has 3 aromatic carbocycles. The van der Waals surface area contributed by atoms with Gasteiger partial charge in [0, 0.05) is 78.6 Å². The molecule has 246 valence electrons. The highest BCUT2D eigenvalue weighted by molar-refractivity contribution is 6.30. The van der Waals surface area contributed by atoms with Crippen molar-refractivity contribution in [2.45, 2.75) is 31.7 Å². The Hall–Kier alpha value is -4.34. The van der Waals surface area contributed by atoms with E-state index in [0.29, 0.717) is 49.7 Å². The number of benzene rings is 3. The highest BCUT2D eigenvalue weighted by Crippen LogP contribution is 2.35. The van der Waals surface area contributed by atoms with Crippen LogP contribution in [-0.4, -0.2) is 96.9 Å². The molecule has 6 rings (SSSR count). The summed E-state index contributed by atoms with van der Waals surface area (Å²) in [5, 5.41) is 4.84. The maximum absolute atomic E-state index is 14.8. The summed E-state index contributed by atoms with van der Waals surface area (Å²) in [5.41, 5.74) is 4.45. The Labute approximate surface area is 281 Å². The van der Waals surface area contributed by atoms with Crippen LogP contribution in [0.5, 0.6) is 0 Å². The van der Waals surface area contributed by atoms with Gasteiger partial charge in [0.15, 0.2) is 0 Å². The summed E-state index contributed by atoms with van der Waals surface area (Å²) >= 11 is 6.42. The van der Waals surface area contributed by atoms with Crippen molar-refractivity contribution in [1.82, 2.24) is 25.0 Å². The summed E-state index contributed by atoms with van der Waals surface area (Å²) in [7, 11) is 4.08. The monoisotopic (exact) mass is 654 g/mol. The molecule has 0 unspecified atom stereocenters. The lowest BCUT2D eigenvalue weighted by Crippen LogP contribution is -2.56. The molecule has 3 heterocycles. The maximum atomic E-state index is 14.8. The summed E-state index contributed by atoms with van der Waals surface area (Å²) in [5.74, 6) is -0.321. The van der Waals surface area contributed by atoms with Gasteiger partial charge >= 0.3 is 6.03 Å². The minimum atomic E-state index is -0.839. The van der Waals surface area contributed by atoms with Crippen molar-refractivity contribution in [3.8, 4) is 0 Å². The van der Waals surface area contributed by atoms with Crippen LogP contribution < -0.4 is 10.2 Å². The van der Waals surface area contributed by atoms with Crippen LogP contribution in [0.4, 0.5) is 10.5 Å². The van der Waals surface area contributed by atoms with Gasteiger partial charge < -0.3 is 29.9 Å². The van der Waals surface area contributed by atoms with E-state index in [1.165, 1.54) is 0 Å². The highest BCUT2D eigenvalue weighted by Gasteiger charge is 2.38. The molecule has 2 N–H and O–H groups in total. The molecule has 0 radical (unpaired) electrons. The number of H-pyrrole nitrogens is 1. The predicted molar refractivity (Wildman–Crippen MR) is 187 cm³/mol. The first-order valence-corrected chi connectivity index (χ1v) is 16.8. The first kappa shape index (κ1) is 32.6. The van der Waals surface area contributed by atoms with Crippen molar-refractivity contribution in [2.24, 2.45) is 5.92 Å². The second-order valence-electron chi connectivity index (χ2n) is 13.1. The number of rotatable bonds is 7. The lowest BCUT2D eigenvalue weighted by atomic mass is 9.88. The number of para-hydroxylation sites is 1. The molecule has 2 aliphatic heterocycles. The van der Waals surface area contributed by atoms with Crippen molar-refractivity contribution >= 4 is 46.0 Å². The zero-order valence-corrected chi connectivity index (χ0v) is 28.0. The number of hydrogen-bond acceptors (Lipinski definition) is 4. The summed E-state index contributed by atoms with van der Waals surface area (Å²) in [6, 6.07) is 21.8. The third kappa shape index (κ3) is 7.16. The normalized spacial score (nSPS) is 18.1. The summed E-state index contributed by atoms with van der Waals surface area (Å²) in [6.45, 7) is 5.21. The van der Waals surface area contributed by atoms with E-state index in [1.54, 1.807) is 9.80 Å². The Balaban J connectivity index is 1.28. The Morgan fingerprint density at radius 2 is 1.68 bits per heavy atom. The molecule has 0 aliphatic carbocycles. The third-order valence-electron chi connectivity index (χ3n) is 9.42. The number of anilines is 1. The van der Waals surface area contributed by atoms with E-state index in [2.05, 4.69) is 15.2 Å². The van der Waals surface area contributed by atoms with E-state index in [-0.39, 0.29) is 29.7 Å². The first-order valence-electron chi connectivity index (χ1n) is 16.4. The van der Waals surface area contributed by atoms with E-state index in [0.717, 1.165) is 40.7 Å². The van der Waals surface area contributed by atoms with Crippen LogP contribution in [0, 0.1) is 5.92 Å². The summed E-state index contributed by atoms with van der Waals surface area (Å²) in [6.07, 6.45) is 3.41. The molecule has 9 nitrogen and oxygen atoms in total. The van der Waals surface area contributed by atoms with Gasteiger partial charge in [0.1, 0.15) is 6.04 Å². The number of amides is 4. The average Bonchev–Trinajstić information content (AvgIpc) is 3.34. The van der Waals surface area contributed by atoms with Crippen LogP contribution in [-0.2, 0) is 11.2 Å². The molecular formula is C37H43ClN6O3. The molecule has 1 saturated heterocycles. The Morgan fingerprint density at radius 1 is 0.957 bits per heavy atom. The van der Waals surface area contributed by atoms with Crippen molar-refractivity contribution in [1.29, 1.82) is 0 Å². The van der Waals surface area contributed by atoms with Crippen molar-refractivity contribution in [3.05, 3.63) is 101 Å². The number of aromatic nitrogens is 1. The van der Waals surface area contributed by atoms with Gasteiger partial charge in [-0.2, -0.15) is 0 Å². The molecule has 0 spiro atoms. The molecule has 47 heavy (non-hydrogen) atoms. The van der Waals surface area contributed by atoms with Crippen LogP contribution in [0.15, 0.2) is 79.0 Å². The summed E-state index contributed by atoms with van der Waals surface area (Å²) < 4.78 is 0. The number of carbonyl (C=O) groups is 3. The fourth-order valence-corrected chi connectivity index (χ4v) is 7.29. The number of fused-ring (bicyclic) bond motifs is 2. The Bertz CT molecular complexity index is 1740. The number of aromatic amines is 1. The van der Waals surface area contributed by atoms with E-state index in [4.69, 9.17) is 11.6 Å². The van der Waals surface area contributed by atoms with E-state index >= 15 is 0 Å². The lowest BCUT2D eigenvalue weighted by molar-refractivity contribution is -0.121. The number of halogens is 1. The molecule has 4 amide bonds. The quantitative estimate of drug-likeness (QED) is 0.271.